The molecule has 0 spiro atoms. The lowest BCUT2D eigenvalue weighted by Crippen LogP contribution is -2.38. The Hall–Kier alpha value is -2.37. The van der Waals surface area contributed by atoms with Gasteiger partial charge in [0.25, 0.3) is 0 Å². The van der Waals surface area contributed by atoms with Gasteiger partial charge in [-0.05, 0) is 61.7 Å². The Morgan fingerprint density at radius 3 is 2.54 bits per heavy atom. The lowest BCUT2D eigenvalue weighted by Gasteiger charge is -2.33. The number of para-hydroxylation sites is 1. The molecule has 0 aliphatic carbocycles. The lowest BCUT2D eigenvalue weighted by atomic mass is 9.96. The smallest absolute Gasteiger partial charge is 0.410 e. The number of hydrogen-bond acceptors (Lipinski definition) is 4. The molecule has 0 bridgehead atoms. The molecule has 3 rings (SSSR count). The number of carbonyl (C=O) groups is 1. The summed E-state index contributed by atoms with van der Waals surface area (Å²) in [5, 5.41) is 2.85. The van der Waals surface area contributed by atoms with Crippen molar-refractivity contribution in [3.8, 4) is 5.75 Å². The first kappa shape index (κ1) is 18.4. The van der Waals surface area contributed by atoms with E-state index < -0.39 is 6.09 Å². The molecule has 1 saturated heterocycles. The van der Waals surface area contributed by atoms with Crippen molar-refractivity contribution in [3.63, 3.8) is 0 Å². The Balaban J connectivity index is 1.75. The highest BCUT2D eigenvalue weighted by atomic mass is 16.6. The van der Waals surface area contributed by atoms with Gasteiger partial charge in [0.1, 0.15) is 5.75 Å². The zero-order chi connectivity index (χ0) is 18.5. The van der Waals surface area contributed by atoms with E-state index in [1.54, 1.807) is 12.1 Å². The minimum atomic E-state index is -0.482. The third-order valence-electron chi connectivity index (χ3n) is 4.95. The molecule has 1 aliphatic rings. The Morgan fingerprint density at radius 1 is 1.15 bits per heavy atom. The highest BCUT2D eigenvalue weighted by Crippen LogP contribution is 2.29. The van der Waals surface area contributed by atoms with Crippen molar-refractivity contribution < 1.29 is 14.3 Å². The number of carbonyl (C=O) groups excluding carboxylic acids is 1. The summed E-state index contributed by atoms with van der Waals surface area (Å²) < 4.78 is 10.8. The molecule has 2 aromatic carbocycles. The molecule has 5 nitrogen and oxygen atoms in total. The number of anilines is 1. The molecule has 1 aliphatic heterocycles. The fourth-order valence-corrected chi connectivity index (χ4v) is 3.29. The van der Waals surface area contributed by atoms with Gasteiger partial charge in [0.15, 0.2) is 0 Å². The van der Waals surface area contributed by atoms with Gasteiger partial charge in [-0.1, -0.05) is 18.2 Å². The molecule has 0 saturated carbocycles. The van der Waals surface area contributed by atoms with Crippen LogP contribution in [0.5, 0.6) is 5.75 Å². The van der Waals surface area contributed by atoms with Gasteiger partial charge in [-0.15, -0.1) is 0 Å². The van der Waals surface area contributed by atoms with Crippen LogP contribution < -0.4 is 10.1 Å². The molecule has 138 valence electrons. The van der Waals surface area contributed by atoms with Crippen molar-refractivity contribution >= 4 is 11.8 Å². The average Bonchev–Trinajstić information content (AvgIpc) is 2.65. The maximum atomic E-state index is 12.2. The molecule has 1 atom stereocenters. The van der Waals surface area contributed by atoms with Gasteiger partial charge in [0.05, 0.1) is 13.2 Å². The van der Waals surface area contributed by atoms with E-state index in [2.05, 4.69) is 37.1 Å². The molecule has 2 aromatic rings. The largest absolute Gasteiger partial charge is 0.417 e. The molecule has 26 heavy (non-hydrogen) atoms. The van der Waals surface area contributed by atoms with E-state index >= 15 is 0 Å². The van der Waals surface area contributed by atoms with Gasteiger partial charge in [-0.2, -0.15) is 0 Å². The Kier molecular flexibility index (Phi) is 5.91. The molecule has 1 N–H and O–H groups in total. The fraction of sp³-hybridized carbons (Fsp3) is 0.381. The number of nitrogens with zero attached hydrogens (tertiary/aromatic N) is 1. The molecule has 5 heteroatoms. The quantitative estimate of drug-likeness (QED) is 0.889. The van der Waals surface area contributed by atoms with Crippen LogP contribution in [0.2, 0.25) is 0 Å². The second kappa shape index (κ2) is 8.34. The lowest BCUT2D eigenvalue weighted by molar-refractivity contribution is 0.0197. The number of aryl methyl sites for hydroxylation is 1. The zero-order valence-corrected chi connectivity index (χ0v) is 15.6. The minimum Gasteiger partial charge on any atom is -0.410 e. The van der Waals surface area contributed by atoms with Crippen LogP contribution in [-0.4, -0.2) is 37.3 Å². The highest BCUT2D eigenvalue weighted by molar-refractivity contribution is 5.86. The van der Waals surface area contributed by atoms with Gasteiger partial charge in [-0.3, -0.25) is 10.2 Å². The SMILES string of the molecule is Cc1cc(NC(=O)Oc2ccccc2)cc(C(C)N2CCOCC2)c1C. The van der Waals surface area contributed by atoms with Crippen LogP contribution in [0.1, 0.15) is 29.7 Å². The number of ether oxygens (including phenoxy) is 2. The summed E-state index contributed by atoms with van der Waals surface area (Å²) in [4.78, 5) is 14.6. The van der Waals surface area contributed by atoms with Crippen molar-refractivity contribution in [1.82, 2.24) is 4.90 Å². The average molecular weight is 354 g/mol. The summed E-state index contributed by atoms with van der Waals surface area (Å²) in [5.41, 5.74) is 4.38. The molecular formula is C21H26N2O3. The fourth-order valence-electron chi connectivity index (χ4n) is 3.29. The van der Waals surface area contributed by atoms with Gasteiger partial charge in [0.2, 0.25) is 0 Å². The van der Waals surface area contributed by atoms with E-state index in [1.807, 2.05) is 24.3 Å². The second-order valence-electron chi connectivity index (χ2n) is 6.66. The summed E-state index contributed by atoms with van der Waals surface area (Å²) in [7, 11) is 0. The third-order valence-corrected chi connectivity index (χ3v) is 4.95. The molecule has 0 aromatic heterocycles. The number of benzene rings is 2. The molecule has 1 amide bonds. The minimum absolute atomic E-state index is 0.268. The van der Waals surface area contributed by atoms with E-state index in [-0.39, 0.29) is 6.04 Å². The van der Waals surface area contributed by atoms with E-state index in [9.17, 15) is 4.79 Å². The van der Waals surface area contributed by atoms with Crippen molar-refractivity contribution in [1.29, 1.82) is 0 Å². The van der Waals surface area contributed by atoms with Crippen LogP contribution in [0.3, 0.4) is 0 Å². The molecule has 1 heterocycles. The summed E-state index contributed by atoms with van der Waals surface area (Å²) in [6, 6.07) is 13.4. The Bertz CT molecular complexity index is 755. The van der Waals surface area contributed by atoms with E-state index in [0.717, 1.165) is 37.6 Å². The topological polar surface area (TPSA) is 50.8 Å². The predicted molar refractivity (Wildman–Crippen MR) is 103 cm³/mol. The van der Waals surface area contributed by atoms with E-state index in [4.69, 9.17) is 9.47 Å². The van der Waals surface area contributed by atoms with Crippen LogP contribution in [0.15, 0.2) is 42.5 Å². The summed E-state index contributed by atoms with van der Waals surface area (Å²) in [6.07, 6.45) is -0.482. The normalized spacial score (nSPS) is 16.1. The number of hydrogen-bond donors (Lipinski definition) is 1. The number of nitrogens with one attached hydrogen (secondary N) is 1. The van der Waals surface area contributed by atoms with Gasteiger partial charge >= 0.3 is 6.09 Å². The van der Waals surface area contributed by atoms with E-state index in [1.165, 1.54) is 11.1 Å². The standard InChI is InChI=1S/C21H26N2O3/c1-15-13-18(22-21(24)26-19-7-5-4-6-8-19)14-20(16(15)2)17(3)23-9-11-25-12-10-23/h4-8,13-14,17H,9-12H2,1-3H3,(H,22,24). The van der Waals surface area contributed by atoms with Crippen LogP contribution in [-0.2, 0) is 4.74 Å². The van der Waals surface area contributed by atoms with Gasteiger partial charge in [-0.25, -0.2) is 4.79 Å². The number of morpholine rings is 1. The van der Waals surface area contributed by atoms with Crippen molar-refractivity contribution in [3.05, 3.63) is 59.2 Å². The number of amides is 1. The Morgan fingerprint density at radius 2 is 1.85 bits per heavy atom. The molecule has 1 fully saturated rings. The van der Waals surface area contributed by atoms with Crippen molar-refractivity contribution in [2.45, 2.75) is 26.8 Å². The zero-order valence-electron chi connectivity index (χ0n) is 15.6. The maximum absolute atomic E-state index is 12.2. The van der Waals surface area contributed by atoms with Crippen molar-refractivity contribution in [2.24, 2.45) is 0 Å². The van der Waals surface area contributed by atoms with Crippen LogP contribution >= 0.6 is 0 Å². The summed E-state index contributed by atoms with van der Waals surface area (Å²) in [5.74, 6) is 0.524. The molecule has 1 unspecified atom stereocenters. The highest BCUT2D eigenvalue weighted by Gasteiger charge is 2.21. The van der Waals surface area contributed by atoms with Gasteiger partial charge < -0.3 is 9.47 Å². The van der Waals surface area contributed by atoms with Gasteiger partial charge in [0, 0.05) is 24.8 Å². The van der Waals surface area contributed by atoms with Crippen molar-refractivity contribution in [2.75, 3.05) is 31.6 Å². The van der Waals surface area contributed by atoms with Crippen LogP contribution in [0.25, 0.3) is 0 Å². The monoisotopic (exact) mass is 354 g/mol. The first-order chi connectivity index (χ1) is 12.5. The Labute approximate surface area is 154 Å². The molecule has 0 radical (unpaired) electrons. The first-order valence-electron chi connectivity index (χ1n) is 9.01. The summed E-state index contributed by atoms with van der Waals surface area (Å²) in [6.45, 7) is 9.79. The second-order valence-corrected chi connectivity index (χ2v) is 6.66. The first-order valence-corrected chi connectivity index (χ1v) is 9.01. The number of rotatable bonds is 4. The van der Waals surface area contributed by atoms with Crippen LogP contribution in [0.4, 0.5) is 10.5 Å². The van der Waals surface area contributed by atoms with E-state index in [0.29, 0.717) is 5.75 Å². The molecular weight excluding hydrogens is 328 g/mol. The predicted octanol–water partition coefficient (Wildman–Crippen LogP) is 4.31. The van der Waals surface area contributed by atoms with Crippen LogP contribution in [0, 0.1) is 13.8 Å². The summed E-state index contributed by atoms with van der Waals surface area (Å²) >= 11 is 0. The maximum Gasteiger partial charge on any atom is 0.417 e. The third kappa shape index (κ3) is 4.42.